The van der Waals surface area contributed by atoms with Crippen molar-refractivity contribution in [2.75, 3.05) is 19.3 Å². The number of sulfonamides is 1. The molecule has 2 amide bonds. The molecule has 1 aromatic carbocycles. The first-order valence-corrected chi connectivity index (χ1v) is 10.2. The van der Waals surface area contributed by atoms with Gasteiger partial charge in [-0.1, -0.05) is 28.1 Å². The van der Waals surface area contributed by atoms with E-state index >= 15 is 0 Å². The van der Waals surface area contributed by atoms with Crippen molar-refractivity contribution in [3.05, 3.63) is 34.3 Å². The molecule has 1 aliphatic rings. The third-order valence-electron chi connectivity index (χ3n) is 3.95. The Labute approximate surface area is 145 Å². The lowest BCUT2D eigenvalue weighted by Crippen LogP contribution is -2.49. The molecule has 1 aliphatic heterocycles. The molecule has 128 valence electrons. The van der Waals surface area contributed by atoms with Gasteiger partial charge in [-0.2, -0.15) is 0 Å². The van der Waals surface area contributed by atoms with Gasteiger partial charge in [0.15, 0.2) is 0 Å². The van der Waals surface area contributed by atoms with Crippen molar-refractivity contribution in [2.24, 2.45) is 0 Å². The Kier molecular flexibility index (Phi) is 6.05. The number of hydrogen-bond donors (Lipinski definition) is 2. The van der Waals surface area contributed by atoms with Gasteiger partial charge in [0.25, 0.3) is 0 Å². The van der Waals surface area contributed by atoms with Gasteiger partial charge in [0.2, 0.25) is 10.0 Å². The van der Waals surface area contributed by atoms with Crippen molar-refractivity contribution >= 4 is 32.0 Å². The monoisotopic (exact) mass is 403 g/mol. The van der Waals surface area contributed by atoms with Crippen LogP contribution in [0, 0.1) is 0 Å². The number of nitrogens with one attached hydrogen (secondary N) is 2. The zero-order chi connectivity index (χ0) is 17.0. The van der Waals surface area contributed by atoms with E-state index in [1.165, 1.54) is 10.6 Å². The molecule has 8 heteroatoms. The molecule has 1 aromatic rings. The van der Waals surface area contributed by atoms with E-state index in [2.05, 4.69) is 26.6 Å². The fourth-order valence-corrected chi connectivity index (χ4v) is 3.91. The van der Waals surface area contributed by atoms with Gasteiger partial charge in [0, 0.05) is 23.6 Å². The van der Waals surface area contributed by atoms with Crippen LogP contribution in [0.15, 0.2) is 28.7 Å². The summed E-state index contributed by atoms with van der Waals surface area (Å²) < 4.78 is 25.4. The summed E-state index contributed by atoms with van der Waals surface area (Å²) in [5.41, 5.74) is 1.02. The maximum Gasteiger partial charge on any atom is 0.315 e. The van der Waals surface area contributed by atoms with Crippen LogP contribution in [0.5, 0.6) is 0 Å². The predicted octanol–water partition coefficient (Wildman–Crippen LogP) is 2.23. The highest BCUT2D eigenvalue weighted by Crippen LogP contribution is 2.18. The maximum absolute atomic E-state index is 12.1. The quantitative estimate of drug-likeness (QED) is 0.808. The van der Waals surface area contributed by atoms with Gasteiger partial charge in [-0.05, 0) is 37.5 Å². The van der Waals surface area contributed by atoms with Crippen LogP contribution in [0.25, 0.3) is 0 Å². The van der Waals surface area contributed by atoms with E-state index in [-0.39, 0.29) is 18.1 Å². The predicted molar refractivity (Wildman–Crippen MR) is 93.7 cm³/mol. The van der Waals surface area contributed by atoms with Crippen LogP contribution in [-0.2, 0) is 10.0 Å². The third-order valence-corrected chi connectivity index (χ3v) is 5.75. The fraction of sp³-hybridized carbons (Fsp3) is 0.533. The van der Waals surface area contributed by atoms with E-state index in [1.807, 2.05) is 31.2 Å². The first-order valence-electron chi connectivity index (χ1n) is 7.53. The summed E-state index contributed by atoms with van der Waals surface area (Å²) in [4.78, 5) is 12.1. The summed E-state index contributed by atoms with van der Waals surface area (Å²) in [5, 5.41) is 5.83. The molecule has 23 heavy (non-hydrogen) atoms. The molecule has 6 nitrogen and oxygen atoms in total. The van der Waals surface area contributed by atoms with Crippen LogP contribution in [0.1, 0.15) is 31.4 Å². The minimum absolute atomic E-state index is 0.00251. The molecule has 1 fully saturated rings. The first-order chi connectivity index (χ1) is 10.8. The number of halogens is 1. The van der Waals surface area contributed by atoms with Gasteiger partial charge in [0.1, 0.15) is 0 Å². The van der Waals surface area contributed by atoms with E-state index in [0.29, 0.717) is 25.9 Å². The van der Waals surface area contributed by atoms with E-state index < -0.39 is 10.0 Å². The SMILES string of the molecule is CC(NC(=O)NC1CCN(S(C)(=O)=O)CC1)c1cccc(Br)c1. The van der Waals surface area contributed by atoms with Gasteiger partial charge in [0.05, 0.1) is 12.3 Å². The molecule has 0 spiro atoms. The second-order valence-corrected chi connectivity index (χ2v) is 8.73. The van der Waals surface area contributed by atoms with Crippen LogP contribution in [0.3, 0.4) is 0 Å². The number of hydrogen-bond acceptors (Lipinski definition) is 3. The zero-order valence-corrected chi connectivity index (χ0v) is 15.7. The Morgan fingerprint density at radius 1 is 1.35 bits per heavy atom. The molecule has 1 unspecified atom stereocenters. The second kappa shape index (κ2) is 7.63. The molecule has 0 bridgehead atoms. The molecule has 0 aliphatic carbocycles. The van der Waals surface area contributed by atoms with Crippen LogP contribution in [-0.4, -0.2) is 44.1 Å². The Bertz CT molecular complexity index is 658. The number of urea groups is 1. The molecule has 2 N–H and O–H groups in total. The Balaban J connectivity index is 1.82. The third kappa shape index (κ3) is 5.47. The van der Waals surface area contributed by atoms with E-state index in [1.54, 1.807) is 0 Å². The van der Waals surface area contributed by atoms with Crippen molar-refractivity contribution in [2.45, 2.75) is 31.8 Å². The average molecular weight is 404 g/mol. The number of nitrogens with zero attached hydrogens (tertiary/aromatic N) is 1. The lowest BCUT2D eigenvalue weighted by molar-refractivity contribution is 0.225. The van der Waals surface area contributed by atoms with Crippen LogP contribution in [0.4, 0.5) is 4.79 Å². The van der Waals surface area contributed by atoms with Gasteiger partial charge in [-0.25, -0.2) is 17.5 Å². The maximum atomic E-state index is 12.1. The summed E-state index contributed by atoms with van der Waals surface area (Å²) in [6.07, 6.45) is 2.48. The summed E-state index contributed by atoms with van der Waals surface area (Å²) in [7, 11) is -3.14. The van der Waals surface area contributed by atoms with Crippen LogP contribution >= 0.6 is 15.9 Å². The lowest BCUT2D eigenvalue weighted by Gasteiger charge is -2.31. The molecule has 2 rings (SSSR count). The number of carbonyl (C=O) groups is 1. The fourth-order valence-electron chi connectivity index (χ4n) is 2.61. The molecular formula is C15H22BrN3O3S. The van der Waals surface area contributed by atoms with Crippen molar-refractivity contribution < 1.29 is 13.2 Å². The van der Waals surface area contributed by atoms with Crippen LogP contribution in [0.2, 0.25) is 0 Å². The lowest BCUT2D eigenvalue weighted by atomic mass is 10.1. The largest absolute Gasteiger partial charge is 0.335 e. The molecule has 1 atom stereocenters. The molecule has 0 radical (unpaired) electrons. The van der Waals surface area contributed by atoms with Crippen molar-refractivity contribution in [3.63, 3.8) is 0 Å². The standard InChI is InChI=1S/C15H22BrN3O3S/c1-11(12-4-3-5-13(16)10-12)17-15(20)18-14-6-8-19(9-7-14)23(2,21)22/h3-5,10-11,14H,6-9H2,1-2H3,(H2,17,18,20). The smallest absolute Gasteiger partial charge is 0.315 e. The van der Waals surface area contributed by atoms with Crippen molar-refractivity contribution in [1.82, 2.24) is 14.9 Å². The first kappa shape index (κ1) is 18.2. The van der Waals surface area contributed by atoms with Gasteiger partial charge in [-0.3, -0.25) is 0 Å². The molecule has 0 aromatic heterocycles. The summed E-state index contributed by atoms with van der Waals surface area (Å²) in [5.74, 6) is 0. The molecule has 1 heterocycles. The number of piperidine rings is 1. The molecular weight excluding hydrogens is 382 g/mol. The van der Waals surface area contributed by atoms with E-state index in [9.17, 15) is 13.2 Å². The summed E-state index contributed by atoms with van der Waals surface area (Å²) in [6.45, 7) is 2.82. The topological polar surface area (TPSA) is 78.5 Å². The summed E-state index contributed by atoms with van der Waals surface area (Å²) >= 11 is 3.42. The van der Waals surface area contributed by atoms with Crippen LogP contribution < -0.4 is 10.6 Å². The second-order valence-electron chi connectivity index (χ2n) is 5.83. The normalized spacial score (nSPS) is 18.4. The Hall–Kier alpha value is -1.12. The highest BCUT2D eigenvalue weighted by Gasteiger charge is 2.25. The Morgan fingerprint density at radius 2 is 2.00 bits per heavy atom. The number of carbonyl (C=O) groups excluding carboxylic acids is 1. The average Bonchev–Trinajstić information content (AvgIpc) is 2.46. The van der Waals surface area contributed by atoms with Crippen molar-refractivity contribution in [1.29, 1.82) is 0 Å². The number of benzene rings is 1. The number of rotatable bonds is 4. The van der Waals surface area contributed by atoms with Crippen molar-refractivity contribution in [3.8, 4) is 0 Å². The van der Waals surface area contributed by atoms with Gasteiger partial charge in [-0.15, -0.1) is 0 Å². The summed E-state index contributed by atoms with van der Waals surface area (Å²) in [6, 6.07) is 7.46. The van der Waals surface area contributed by atoms with E-state index in [4.69, 9.17) is 0 Å². The molecule has 1 saturated heterocycles. The van der Waals surface area contributed by atoms with E-state index in [0.717, 1.165) is 10.0 Å². The highest BCUT2D eigenvalue weighted by molar-refractivity contribution is 9.10. The molecule has 0 saturated carbocycles. The number of amides is 2. The minimum atomic E-state index is -3.14. The highest BCUT2D eigenvalue weighted by atomic mass is 79.9. The zero-order valence-electron chi connectivity index (χ0n) is 13.3. The minimum Gasteiger partial charge on any atom is -0.335 e. The Morgan fingerprint density at radius 3 is 2.57 bits per heavy atom. The van der Waals surface area contributed by atoms with Gasteiger partial charge < -0.3 is 10.6 Å². The van der Waals surface area contributed by atoms with Gasteiger partial charge >= 0.3 is 6.03 Å².